The lowest BCUT2D eigenvalue weighted by Gasteiger charge is -2.01. The summed E-state index contributed by atoms with van der Waals surface area (Å²) < 4.78 is 4.49. The zero-order chi connectivity index (χ0) is 11.3. The van der Waals surface area contributed by atoms with Gasteiger partial charge in [-0.25, -0.2) is 0 Å². The number of nitrogen functional groups attached to an aromatic ring is 1. The molecule has 80 valence electrons. The van der Waals surface area contributed by atoms with Crippen LogP contribution in [0.2, 0.25) is 5.02 Å². The molecule has 15 heavy (non-hydrogen) atoms. The third-order valence-electron chi connectivity index (χ3n) is 1.88. The van der Waals surface area contributed by atoms with E-state index in [1.54, 1.807) is 30.4 Å². The maximum Gasteiger partial charge on any atom is 0.309 e. The minimum atomic E-state index is -0.295. The Morgan fingerprint density at radius 1 is 1.60 bits per heavy atom. The van der Waals surface area contributed by atoms with Crippen molar-refractivity contribution in [3.63, 3.8) is 0 Å². The van der Waals surface area contributed by atoms with Crippen molar-refractivity contribution in [1.82, 2.24) is 0 Å². The van der Waals surface area contributed by atoms with Gasteiger partial charge in [-0.15, -0.1) is 0 Å². The Morgan fingerprint density at radius 3 is 2.93 bits per heavy atom. The Balaban J connectivity index is 2.76. The van der Waals surface area contributed by atoms with Crippen LogP contribution in [-0.2, 0) is 9.53 Å². The van der Waals surface area contributed by atoms with E-state index in [-0.39, 0.29) is 12.4 Å². The number of halogens is 1. The average molecular weight is 226 g/mol. The number of ether oxygens (including phenoxy) is 1. The van der Waals surface area contributed by atoms with Crippen LogP contribution in [-0.4, -0.2) is 13.1 Å². The molecule has 1 aromatic rings. The summed E-state index contributed by atoms with van der Waals surface area (Å²) in [6, 6.07) is 5.27. The van der Waals surface area contributed by atoms with Crippen molar-refractivity contribution in [2.24, 2.45) is 0 Å². The highest BCUT2D eigenvalue weighted by molar-refractivity contribution is 6.32. The van der Waals surface area contributed by atoms with Gasteiger partial charge >= 0.3 is 5.97 Å². The van der Waals surface area contributed by atoms with E-state index in [9.17, 15) is 4.79 Å². The third kappa shape index (κ3) is 3.29. The van der Waals surface area contributed by atoms with E-state index in [0.717, 1.165) is 5.56 Å². The molecule has 0 radical (unpaired) electrons. The molecule has 0 atom stereocenters. The van der Waals surface area contributed by atoms with Crippen LogP contribution < -0.4 is 5.73 Å². The summed E-state index contributed by atoms with van der Waals surface area (Å²) in [6.07, 6.45) is 3.60. The van der Waals surface area contributed by atoms with Crippen molar-refractivity contribution >= 4 is 29.3 Å². The minimum absolute atomic E-state index is 0.209. The van der Waals surface area contributed by atoms with Gasteiger partial charge in [0.1, 0.15) is 0 Å². The number of anilines is 1. The lowest BCUT2D eigenvalue weighted by Crippen LogP contribution is -1.97. The van der Waals surface area contributed by atoms with Crippen molar-refractivity contribution < 1.29 is 9.53 Å². The van der Waals surface area contributed by atoms with Gasteiger partial charge in [0.05, 0.1) is 13.5 Å². The minimum Gasteiger partial charge on any atom is -0.469 e. The summed E-state index contributed by atoms with van der Waals surface area (Å²) in [6.45, 7) is 0. The van der Waals surface area contributed by atoms with Gasteiger partial charge in [-0.1, -0.05) is 29.8 Å². The van der Waals surface area contributed by atoms with Crippen LogP contribution in [0.4, 0.5) is 5.69 Å². The molecule has 4 heteroatoms. The smallest absolute Gasteiger partial charge is 0.309 e. The van der Waals surface area contributed by atoms with Gasteiger partial charge in [0.15, 0.2) is 0 Å². The molecule has 0 aliphatic rings. The number of carbonyl (C=O) groups is 1. The van der Waals surface area contributed by atoms with Crippen molar-refractivity contribution in [3.8, 4) is 0 Å². The zero-order valence-electron chi connectivity index (χ0n) is 8.37. The zero-order valence-corrected chi connectivity index (χ0v) is 9.12. The number of carbonyl (C=O) groups excluding carboxylic acids is 1. The quantitative estimate of drug-likeness (QED) is 0.635. The molecule has 0 heterocycles. The number of rotatable bonds is 3. The molecular weight excluding hydrogens is 214 g/mol. The second kappa shape index (κ2) is 5.41. The highest BCUT2D eigenvalue weighted by Crippen LogP contribution is 2.23. The predicted molar refractivity (Wildman–Crippen MR) is 61.5 cm³/mol. The fourth-order valence-electron chi connectivity index (χ4n) is 1.09. The van der Waals surface area contributed by atoms with Gasteiger partial charge in [0, 0.05) is 16.3 Å². The summed E-state index contributed by atoms with van der Waals surface area (Å²) in [4.78, 5) is 10.8. The van der Waals surface area contributed by atoms with Crippen molar-refractivity contribution in [3.05, 3.63) is 34.9 Å². The number of nitrogens with two attached hydrogens (primary N) is 1. The Labute approximate surface area is 93.5 Å². The second-order valence-electron chi connectivity index (χ2n) is 2.93. The van der Waals surface area contributed by atoms with Crippen LogP contribution in [0.1, 0.15) is 12.0 Å². The average Bonchev–Trinajstić information content (AvgIpc) is 2.22. The van der Waals surface area contributed by atoms with E-state index >= 15 is 0 Å². The van der Waals surface area contributed by atoms with Crippen LogP contribution in [0.5, 0.6) is 0 Å². The monoisotopic (exact) mass is 225 g/mol. The van der Waals surface area contributed by atoms with Crippen LogP contribution in [0, 0.1) is 0 Å². The van der Waals surface area contributed by atoms with Crippen molar-refractivity contribution in [2.45, 2.75) is 6.42 Å². The van der Waals surface area contributed by atoms with E-state index in [1.807, 2.05) is 0 Å². The van der Waals surface area contributed by atoms with Crippen LogP contribution in [0.25, 0.3) is 6.08 Å². The molecular formula is C11H12ClNO2. The molecule has 1 aromatic carbocycles. The standard InChI is InChI=1S/C11H12ClNO2/c1-15-11(14)7-2-4-8-9(12)5-3-6-10(8)13/h2-6H,7,13H2,1H3. The maximum absolute atomic E-state index is 10.8. The molecule has 0 fully saturated rings. The fraction of sp³-hybridized carbons (Fsp3) is 0.182. The number of esters is 1. The molecule has 2 N–H and O–H groups in total. The number of hydrogen-bond acceptors (Lipinski definition) is 3. The van der Waals surface area contributed by atoms with E-state index in [0.29, 0.717) is 10.7 Å². The fourth-order valence-corrected chi connectivity index (χ4v) is 1.33. The van der Waals surface area contributed by atoms with E-state index < -0.39 is 0 Å². The van der Waals surface area contributed by atoms with Crippen LogP contribution >= 0.6 is 11.6 Å². The maximum atomic E-state index is 10.8. The first-order chi connectivity index (χ1) is 7.15. The molecule has 0 unspecified atom stereocenters. The molecule has 0 aliphatic carbocycles. The molecule has 1 rings (SSSR count). The summed E-state index contributed by atoms with van der Waals surface area (Å²) >= 11 is 5.93. The molecule has 0 amide bonds. The third-order valence-corrected chi connectivity index (χ3v) is 2.21. The summed E-state index contributed by atoms with van der Waals surface area (Å²) in [7, 11) is 1.35. The summed E-state index contributed by atoms with van der Waals surface area (Å²) in [5, 5.41) is 0.566. The van der Waals surface area contributed by atoms with Crippen LogP contribution in [0.3, 0.4) is 0 Å². The summed E-state index contributed by atoms with van der Waals surface area (Å²) in [5.74, 6) is -0.295. The van der Waals surface area contributed by atoms with E-state index in [4.69, 9.17) is 17.3 Å². The topological polar surface area (TPSA) is 52.3 Å². The SMILES string of the molecule is COC(=O)CC=Cc1c(N)cccc1Cl. The van der Waals surface area contributed by atoms with Gasteiger partial charge in [0.2, 0.25) is 0 Å². The normalized spacial score (nSPS) is 10.5. The molecule has 0 saturated heterocycles. The molecule has 0 spiro atoms. The Morgan fingerprint density at radius 2 is 2.33 bits per heavy atom. The highest BCUT2D eigenvalue weighted by Gasteiger charge is 2.00. The predicted octanol–water partition coefficient (Wildman–Crippen LogP) is 2.50. The first kappa shape index (κ1) is 11.6. The van der Waals surface area contributed by atoms with Gasteiger partial charge in [-0.2, -0.15) is 0 Å². The number of methoxy groups -OCH3 is 1. The Bertz CT molecular complexity index is 368. The van der Waals surface area contributed by atoms with Gasteiger partial charge < -0.3 is 10.5 Å². The van der Waals surface area contributed by atoms with Crippen molar-refractivity contribution in [2.75, 3.05) is 12.8 Å². The first-order valence-corrected chi connectivity index (χ1v) is 4.80. The largest absolute Gasteiger partial charge is 0.469 e. The number of benzene rings is 1. The Hall–Kier alpha value is -1.48. The molecule has 0 aromatic heterocycles. The lowest BCUT2D eigenvalue weighted by atomic mass is 10.1. The molecule has 0 bridgehead atoms. The van der Waals surface area contributed by atoms with Crippen LogP contribution in [0.15, 0.2) is 24.3 Å². The second-order valence-corrected chi connectivity index (χ2v) is 3.33. The summed E-state index contributed by atoms with van der Waals surface area (Å²) in [5.41, 5.74) is 7.03. The first-order valence-electron chi connectivity index (χ1n) is 4.42. The Kier molecular flexibility index (Phi) is 4.18. The van der Waals surface area contributed by atoms with Gasteiger partial charge in [0.25, 0.3) is 0 Å². The molecule has 0 saturated carbocycles. The lowest BCUT2D eigenvalue weighted by molar-refractivity contribution is -0.139. The molecule has 3 nitrogen and oxygen atoms in total. The van der Waals surface area contributed by atoms with Crippen molar-refractivity contribution in [1.29, 1.82) is 0 Å². The van der Waals surface area contributed by atoms with E-state index in [2.05, 4.69) is 4.74 Å². The number of hydrogen-bond donors (Lipinski definition) is 1. The van der Waals surface area contributed by atoms with E-state index in [1.165, 1.54) is 7.11 Å². The van der Waals surface area contributed by atoms with Gasteiger partial charge in [-0.3, -0.25) is 4.79 Å². The van der Waals surface area contributed by atoms with Gasteiger partial charge in [-0.05, 0) is 12.1 Å². The molecule has 0 aliphatic heterocycles. The highest BCUT2D eigenvalue weighted by atomic mass is 35.5.